The van der Waals surface area contributed by atoms with Gasteiger partial charge < -0.3 is 15.2 Å². The molecule has 1 atom stereocenters. The molecule has 0 aliphatic carbocycles. The Morgan fingerprint density at radius 1 is 1.44 bits per heavy atom. The van der Waals surface area contributed by atoms with E-state index < -0.39 is 11.4 Å². The smallest absolute Gasteiger partial charge is 0.251 e. The number of amides is 1. The van der Waals surface area contributed by atoms with Gasteiger partial charge in [0, 0.05) is 32.2 Å². The van der Waals surface area contributed by atoms with E-state index in [0.29, 0.717) is 18.6 Å². The topological polar surface area (TPSA) is 58.6 Å². The first-order valence-corrected chi connectivity index (χ1v) is 5.70. The van der Waals surface area contributed by atoms with Crippen molar-refractivity contribution in [1.82, 2.24) is 5.32 Å². The molecule has 1 amide bonds. The molecule has 1 aromatic carbocycles. The van der Waals surface area contributed by atoms with Crippen molar-refractivity contribution in [1.29, 1.82) is 0 Å². The molecule has 0 bridgehead atoms. The third-order valence-electron chi connectivity index (χ3n) is 2.58. The molecule has 100 valence electrons. The van der Waals surface area contributed by atoms with Crippen LogP contribution in [0.4, 0.5) is 4.39 Å². The van der Waals surface area contributed by atoms with Gasteiger partial charge in [-0.2, -0.15) is 0 Å². The first-order chi connectivity index (χ1) is 8.44. The summed E-state index contributed by atoms with van der Waals surface area (Å²) in [4.78, 5) is 11.7. The summed E-state index contributed by atoms with van der Waals surface area (Å²) in [5.74, 6) is -0.730. The number of carbonyl (C=O) groups excluding carboxylic acids is 1. The monoisotopic (exact) mass is 255 g/mol. The van der Waals surface area contributed by atoms with Crippen LogP contribution >= 0.6 is 0 Å². The first-order valence-electron chi connectivity index (χ1n) is 5.70. The SMILES string of the molecule is COCCC(C)(O)CNC(=O)c1ccc(F)cc1. The highest BCUT2D eigenvalue weighted by molar-refractivity contribution is 5.94. The Balaban J connectivity index is 2.48. The van der Waals surface area contributed by atoms with Crippen molar-refractivity contribution < 1.29 is 19.0 Å². The molecule has 0 saturated heterocycles. The lowest BCUT2D eigenvalue weighted by atomic mass is 10.0. The van der Waals surface area contributed by atoms with Crippen molar-refractivity contribution in [3.8, 4) is 0 Å². The Bertz CT molecular complexity index is 390. The zero-order chi connectivity index (χ0) is 13.6. The number of benzene rings is 1. The third-order valence-corrected chi connectivity index (χ3v) is 2.58. The van der Waals surface area contributed by atoms with E-state index in [4.69, 9.17) is 4.74 Å². The van der Waals surface area contributed by atoms with Gasteiger partial charge in [0.1, 0.15) is 5.82 Å². The predicted octanol–water partition coefficient (Wildman–Crippen LogP) is 1.34. The van der Waals surface area contributed by atoms with Crippen LogP contribution in [-0.4, -0.2) is 36.9 Å². The molecular formula is C13H18FNO3. The molecule has 1 rings (SSSR count). The van der Waals surface area contributed by atoms with Gasteiger partial charge in [0.2, 0.25) is 0 Å². The van der Waals surface area contributed by atoms with Crippen molar-refractivity contribution in [3.05, 3.63) is 35.6 Å². The van der Waals surface area contributed by atoms with Gasteiger partial charge in [-0.15, -0.1) is 0 Å². The fraction of sp³-hybridized carbons (Fsp3) is 0.462. The molecule has 0 heterocycles. The zero-order valence-corrected chi connectivity index (χ0v) is 10.6. The Labute approximate surface area is 106 Å². The van der Waals surface area contributed by atoms with Crippen LogP contribution in [0.25, 0.3) is 0 Å². The summed E-state index contributed by atoms with van der Waals surface area (Å²) in [5, 5.41) is 12.5. The molecule has 0 aromatic heterocycles. The maximum Gasteiger partial charge on any atom is 0.251 e. The molecule has 1 aromatic rings. The van der Waals surface area contributed by atoms with E-state index in [2.05, 4.69) is 5.32 Å². The van der Waals surface area contributed by atoms with Gasteiger partial charge in [0.15, 0.2) is 0 Å². The number of hydrogen-bond donors (Lipinski definition) is 2. The van der Waals surface area contributed by atoms with Gasteiger partial charge in [-0.1, -0.05) is 0 Å². The van der Waals surface area contributed by atoms with Gasteiger partial charge in [-0.3, -0.25) is 4.79 Å². The Hall–Kier alpha value is -1.46. The van der Waals surface area contributed by atoms with E-state index in [1.807, 2.05) is 0 Å². The largest absolute Gasteiger partial charge is 0.388 e. The lowest BCUT2D eigenvalue weighted by Crippen LogP contribution is -2.41. The lowest BCUT2D eigenvalue weighted by Gasteiger charge is -2.23. The summed E-state index contributed by atoms with van der Waals surface area (Å²) < 4.78 is 17.5. The third kappa shape index (κ3) is 4.81. The van der Waals surface area contributed by atoms with Gasteiger partial charge in [0.05, 0.1) is 5.60 Å². The molecule has 2 N–H and O–H groups in total. The maximum atomic E-state index is 12.7. The minimum absolute atomic E-state index is 0.118. The molecule has 18 heavy (non-hydrogen) atoms. The van der Waals surface area contributed by atoms with E-state index >= 15 is 0 Å². The highest BCUT2D eigenvalue weighted by atomic mass is 19.1. The fourth-order valence-corrected chi connectivity index (χ4v) is 1.38. The summed E-state index contributed by atoms with van der Waals surface area (Å²) >= 11 is 0. The molecule has 4 nitrogen and oxygen atoms in total. The van der Waals surface area contributed by atoms with Crippen LogP contribution in [0, 0.1) is 5.82 Å². The average Bonchev–Trinajstić information content (AvgIpc) is 2.35. The standard InChI is InChI=1S/C13H18FNO3/c1-13(17,7-8-18-2)9-15-12(16)10-3-5-11(14)6-4-10/h3-6,17H,7-9H2,1-2H3,(H,15,16). The number of nitrogens with one attached hydrogen (secondary N) is 1. The van der Waals surface area contributed by atoms with Crippen molar-refractivity contribution in [3.63, 3.8) is 0 Å². The second-order valence-corrected chi connectivity index (χ2v) is 4.43. The Morgan fingerprint density at radius 2 is 2.06 bits per heavy atom. The number of ether oxygens (including phenoxy) is 1. The van der Waals surface area contributed by atoms with Crippen LogP contribution in [0.5, 0.6) is 0 Å². The minimum atomic E-state index is -1.02. The molecule has 0 aliphatic heterocycles. The molecular weight excluding hydrogens is 237 g/mol. The van der Waals surface area contributed by atoms with Crippen molar-refractivity contribution in [2.24, 2.45) is 0 Å². The van der Waals surface area contributed by atoms with E-state index in [0.717, 1.165) is 0 Å². The van der Waals surface area contributed by atoms with Crippen LogP contribution < -0.4 is 5.32 Å². The lowest BCUT2D eigenvalue weighted by molar-refractivity contribution is 0.0243. The molecule has 0 radical (unpaired) electrons. The number of halogens is 1. The van der Waals surface area contributed by atoms with Gasteiger partial charge >= 0.3 is 0 Å². The number of aliphatic hydroxyl groups is 1. The van der Waals surface area contributed by atoms with E-state index in [1.54, 1.807) is 14.0 Å². The minimum Gasteiger partial charge on any atom is -0.388 e. The van der Waals surface area contributed by atoms with Crippen molar-refractivity contribution in [2.45, 2.75) is 18.9 Å². The molecule has 0 saturated carbocycles. The molecule has 1 unspecified atom stereocenters. The molecule has 0 spiro atoms. The van der Waals surface area contributed by atoms with E-state index in [1.165, 1.54) is 24.3 Å². The summed E-state index contributed by atoms with van der Waals surface area (Å²) in [6.07, 6.45) is 0.424. The van der Waals surface area contributed by atoms with Crippen LogP contribution in [0.2, 0.25) is 0 Å². The first kappa shape index (κ1) is 14.6. The highest BCUT2D eigenvalue weighted by Gasteiger charge is 2.21. The van der Waals surface area contributed by atoms with Crippen molar-refractivity contribution >= 4 is 5.91 Å². The zero-order valence-electron chi connectivity index (χ0n) is 10.6. The average molecular weight is 255 g/mol. The maximum absolute atomic E-state index is 12.7. The van der Waals surface area contributed by atoms with Crippen LogP contribution in [0.3, 0.4) is 0 Å². The summed E-state index contributed by atoms with van der Waals surface area (Å²) in [6.45, 7) is 2.16. The Kier molecular flexibility index (Phi) is 5.25. The quantitative estimate of drug-likeness (QED) is 0.806. The number of methoxy groups -OCH3 is 1. The van der Waals surface area contributed by atoms with Crippen LogP contribution in [0.1, 0.15) is 23.7 Å². The van der Waals surface area contributed by atoms with Crippen molar-refractivity contribution in [2.75, 3.05) is 20.3 Å². The van der Waals surface area contributed by atoms with Crippen LogP contribution in [0.15, 0.2) is 24.3 Å². The summed E-state index contributed by atoms with van der Waals surface area (Å²) in [6, 6.07) is 5.24. The Morgan fingerprint density at radius 3 is 2.61 bits per heavy atom. The fourth-order valence-electron chi connectivity index (χ4n) is 1.38. The number of hydrogen-bond acceptors (Lipinski definition) is 3. The molecule has 5 heteroatoms. The van der Waals surface area contributed by atoms with Crippen LogP contribution in [-0.2, 0) is 4.74 Å². The number of carbonyl (C=O) groups is 1. The molecule has 0 fully saturated rings. The predicted molar refractivity (Wildman–Crippen MR) is 65.9 cm³/mol. The van der Waals surface area contributed by atoms with Gasteiger partial charge in [0.25, 0.3) is 5.91 Å². The highest BCUT2D eigenvalue weighted by Crippen LogP contribution is 2.08. The normalized spacial score (nSPS) is 14.0. The molecule has 0 aliphatic rings. The van der Waals surface area contributed by atoms with Gasteiger partial charge in [-0.25, -0.2) is 4.39 Å². The number of rotatable bonds is 6. The summed E-state index contributed by atoms with van der Waals surface area (Å²) in [7, 11) is 1.55. The van der Waals surface area contributed by atoms with E-state index in [9.17, 15) is 14.3 Å². The van der Waals surface area contributed by atoms with Gasteiger partial charge in [-0.05, 0) is 31.2 Å². The summed E-state index contributed by atoms with van der Waals surface area (Å²) in [5.41, 5.74) is -0.662. The second kappa shape index (κ2) is 6.47. The second-order valence-electron chi connectivity index (χ2n) is 4.43. The van der Waals surface area contributed by atoms with E-state index in [-0.39, 0.29) is 12.5 Å².